The molecule has 5 heteroatoms. The first-order valence-electron chi connectivity index (χ1n) is 7.51. The van der Waals surface area contributed by atoms with Crippen LogP contribution in [0.1, 0.15) is 35.3 Å². The van der Waals surface area contributed by atoms with Crippen molar-refractivity contribution in [2.24, 2.45) is 0 Å². The average Bonchev–Trinajstić information content (AvgIpc) is 2.79. The Morgan fingerprint density at radius 2 is 2.04 bits per heavy atom. The zero-order valence-corrected chi connectivity index (χ0v) is 13.6. The van der Waals surface area contributed by atoms with E-state index in [1.54, 1.807) is 13.8 Å². The molecule has 1 amide bonds. The number of aryl methyl sites for hydroxylation is 2. The van der Waals surface area contributed by atoms with Crippen LogP contribution >= 0.6 is 0 Å². The second-order valence-corrected chi connectivity index (χ2v) is 5.36. The molecule has 23 heavy (non-hydrogen) atoms. The summed E-state index contributed by atoms with van der Waals surface area (Å²) < 4.78 is 11.1. The number of nitrogens with one attached hydrogen (secondary N) is 1. The summed E-state index contributed by atoms with van der Waals surface area (Å²) in [6.45, 7) is 6.00. The van der Waals surface area contributed by atoms with Gasteiger partial charge in [0.05, 0.1) is 6.61 Å². The number of nitrogens with zero attached hydrogens (tertiary/aromatic N) is 1. The molecule has 5 nitrogen and oxygen atoms in total. The second-order valence-electron chi connectivity index (χ2n) is 5.36. The first kappa shape index (κ1) is 16.6. The Labute approximate surface area is 135 Å². The van der Waals surface area contributed by atoms with Gasteiger partial charge in [-0.05, 0) is 38.8 Å². The molecule has 0 fully saturated rings. The third-order valence-corrected chi connectivity index (χ3v) is 3.65. The molecular formula is C18H20N2O3. The Bertz CT molecular complexity index is 741. The lowest BCUT2D eigenvalue weighted by molar-refractivity contribution is -0.116. The summed E-state index contributed by atoms with van der Waals surface area (Å²) in [5.41, 5.74) is 2.20. The highest BCUT2D eigenvalue weighted by atomic mass is 16.5. The number of hydrogen-bond acceptors (Lipinski definition) is 4. The van der Waals surface area contributed by atoms with Crippen molar-refractivity contribution < 1.29 is 13.9 Å². The Morgan fingerprint density at radius 1 is 1.30 bits per heavy atom. The van der Waals surface area contributed by atoms with Crippen molar-refractivity contribution in [2.75, 3.05) is 11.9 Å². The van der Waals surface area contributed by atoms with Crippen LogP contribution < -0.4 is 10.1 Å². The van der Waals surface area contributed by atoms with Gasteiger partial charge in [-0.15, -0.1) is 0 Å². The number of para-hydroxylation sites is 1. The first-order chi connectivity index (χ1) is 11.0. The third-order valence-electron chi connectivity index (χ3n) is 3.65. The van der Waals surface area contributed by atoms with Gasteiger partial charge in [-0.1, -0.05) is 18.2 Å². The number of benzene rings is 1. The molecule has 1 aromatic heterocycles. The van der Waals surface area contributed by atoms with Gasteiger partial charge in [-0.2, -0.15) is 5.26 Å². The SMILES string of the molecule is Cc1ccccc1OCCCC(=O)Nc1oc(C)c(C)c1C#N. The zero-order valence-electron chi connectivity index (χ0n) is 13.6. The maximum absolute atomic E-state index is 11.9. The lowest BCUT2D eigenvalue weighted by Crippen LogP contribution is -2.13. The largest absolute Gasteiger partial charge is 0.493 e. The quantitative estimate of drug-likeness (QED) is 0.821. The number of furan rings is 1. The van der Waals surface area contributed by atoms with Crippen molar-refractivity contribution in [3.05, 3.63) is 46.7 Å². The maximum Gasteiger partial charge on any atom is 0.226 e. The van der Waals surface area contributed by atoms with Gasteiger partial charge in [0.15, 0.2) is 0 Å². The molecule has 1 aromatic carbocycles. The third kappa shape index (κ3) is 4.13. The van der Waals surface area contributed by atoms with Gasteiger partial charge in [0.1, 0.15) is 23.1 Å². The average molecular weight is 312 g/mol. The highest BCUT2D eigenvalue weighted by molar-refractivity contribution is 5.90. The number of nitriles is 1. The first-order valence-corrected chi connectivity index (χ1v) is 7.51. The number of carbonyl (C=O) groups is 1. The zero-order chi connectivity index (χ0) is 16.8. The van der Waals surface area contributed by atoms with Gasteiger partial charge >= 0.3 is 0 Å². The van der Waals surface area contributed by atoms with E-state index in [9.17, 15) is 4.79 Å². The van der Waals surface area contributed by atoms with Gasteiger partial charge in [-0.3, -0.25) is 10.1 Å². The number of anilines is 1. The van der Waals surface area contributed by atoms with Crippen molar-refractivity contribution in [3.63, 3.8) is 0 Å². The Kier molecular flexibility index (Phi) is 5.42. The van der Waals surface area contributed by atoms with E-state index in [0.717, 1.165) is 16.9 Å². The molecule has 2 aromatic rings. The van der Waals surface area contributed by atoms with Crippen LogP contribution in [0, 0.1) is 32.1 Å². The molecule has 0 bridgehead atoms. The highest BCUT2D eigenvalue weighted by Crippen LogP contribution is 2.25. The fraction of sp³-hybridized carbons (Fsp3) is 0.333. The normalized spacial score (nSPS) is 10.2. The van der Waals surface area contributed by atoms with E-state index < -0.39 is 0 Å². The van der Waals surface area contributed by atoms with E-state index in [4.69, 9.17) is 14.4 Å². The molecule has 0 aliphatic rings. The van der Waals surface area contributed by atoms with Crippen molar-refractivity contribution in [3.8, 4) is 11.8 Å². The van der Waals surface area contributed by atoms with Crippen molar-refractivity contribution >= 4 is 11.8 Å². The molecule has 0 saturated carbocycles. The van der Waals surface area contributed by atoms with Gasteiger partial charge in [-0.25, -0.2) is 0 Å². The van der Waals surface area contributed by atoms with E-state index in [0.29, 0.717) is 30.8 Å². The summed E-state index contributed by atoms with van der Waals surface area (Å²) in [4.78, 5) is 11.9. The summed E-state index contributed by atoms with van der Waals surface area (Å²) >= 11 is 0. The molecule has 2 rings (SSSR count). The molecule has 1 N–H and O–H groups in total. The van der Waals surface area contributed by atoms with E-state index in [1.165, 1.54) is 0 Å². The lowest BCUT2D eigenvalue weighted by Gasteiger charge is -2.08. The number of carbonyl (C=O) groups excluding carboxylic acids is 1. The summed E-state index contributed by atoms with van der Waals surface area (Å²) in [7, 11) is 0. The topological polar surface area (TPSA) is 75.3 Å². The molecule has 0 unspecified atom stereocenters. The maximum atomic E-state index is 11.9. The van der Waals surface area contributed by atoms with Crippen LogP contribution in [0.5, 0.6) is 5.75 Å². The monoisotopic (exact) mass is 312 g/mol. The fourth-order valence-corrected chi connectivity index (χ4v) is 2.17. The standard InChI is InChI=1S/C18H20N2O3/c1-12-7-4-5-8-16(12)22-10-6-9-17(21)20-18-15(11-19)13(2)14(3)23-18/h4-5,7-8H,6,9-10H2,1-3H3,(H,20,21). The molecular weight excluding hydrogens is 292 g/mol. The van der Waals surface area contributed by atoms with Crippen LogP contribution in [0.3, 0.4) is 0 Å². The number of ether oxygens (including phenoxy) is 1. The van der Waals surface area contributed by atoms with Crippen molar-refractivity contribution in [2.45, 2.75) is 33.6 Å². The Hall–Kier alpha value is -2.74. The lowest BCUT2D eigenvalue weighted by atomic mass is 10.2. The number of rotatable bonds is 6. The molecule has 0 radical (unpaired) electrons. The summed E-state index contributed by atoms with van der Waals surface area (Å²) in [5, 5.41) is 11.8. The van der Waals surface area contributed by atoms with Gasteiger partial charge < -0.3 is 9.15 Å². The van der Waals surface area contributed by atoms with E-state index in [-0.39, 0.29) is 11.8 Å². The second kappa shape index (κ2) is 7.50. The minimum Gasteiger partial charge on any atom is -0.493 e. The fourth-order valence-electron chi connectivity index (χ4n) is 2.17. The van der Waals surface area contributed by atoms with Crippen molar-refractivity contribution in [1.29, 1.82) is 5.26 Å². The van der Waals surface area contributed by atoms with Crippen LogP contribution in [0.2, 0.25) is 0 Å². The number of amides is 1. The van der Waals surface area contributed by atoms with Crippen molar-refractivity contribution in [1.82, 2.24) is 0 Å². The molecule has 0 spiro atoms. The summed E-state index contributed by atoms with van der Waals surface area (Å²) in [6.07, 6.45) is 0.885. The van der Waals surface area contributed by atoms with Crippen LogP contribution in [-0.2, 0) is 4.79 Å². The molecule has 0 aliphatic heterocycles. The van der Waals surface area contributed by atoms with E-state index in [2.05, 4.69) is 11.4 Å². The molecule has 0 saturated heterocycles. The molecule has 1 heterocycles. The van der Waals surface area contributed by atoms with Crippen LogP contribution in [0.25, 0.3) is 0 Å². The smallest absolute Gasteiger partial charge is 0.226 e. The molecule has 0 atom stereocenters. The van der Waals surface area contributed by atoms with Crippen LogP contribution in [0.15, 0.2) is 28.7 Å². The molecule has 0 aliphatic carbocycles. The molecule has 120 valence electrons. The Morgan fingerprint density at radius 3 is 2.74 bits per heavy atom. The predicted molar refractivity (Wildman–Crippen MR) is 87.4 cm³/mol. The van der Waals surface area contributed by atoms with Crippen LogP contribution in [0.4, 0.5) is 5.88 Å². The van der Waals surface area contributed by atoms with E-state index >= 15 is 0 Å². The minimum atomic E-state index is -0.191. The van der Waals surface area contributed by atoms with Gasteiger partial charge in [0.25, 0.3) is 0 Å². The van der Waals surface area contributed by atoms with Gasteiger partial charge in [0, 0.05) is 12.0 Å². The van der Waals surface area contributed by atoms with Crippen LogP contribution in [-0.4, -0.2) is 12.5 Å². The predicted octanol–water partition coefficient (Wildman–Crippen LogP) is 3.87. The Balaban J connectivity index is 1.81. The summed E-state index contributed by atoms with van der Waals surface area (Å²) in [6, 6.07) is 9.81. The highest BCUT2D eigenvalue weighted by Gasteiger charge is 2.16. The van der Waals surface area contributed by atoms with E-state index in [1.807, 2.05) is 31.2 Å². The summed E-state index contributed by atoms with van der Waals surface area (Å²) in [5.74, 6) is 1.51. The van der Waals surface area contributed by atoms with Gasteiger partial charge in [0.2, 0.25) is 11.8 Å². The number of hydrogen-bond donors (Lipinski definition) is 1. The minimum absolute atomic E-state index is 0.191.